The molecule has 2 heterocycles. The summed E-state index contributed by atoms with van der Waals surface area (Å²) in [5.74, 6) is -0.369. The highest BCUT2D eigenvalue weighted by Crippen LogP contribution is 2.31. The highest BCUT2D eigenvalue weighted by atomic mass is 16.6. The predicted octanol–water partition coefficient (Wildman–Crippen LogP) is 2.84. The zero-order valence-electron chi connectivity index (χ0n) is 21.5. The third kappa shape index (κ3) is 6.12. The molecule has 4 N–H and O–H groups in total. The van der Waals surface area contributed by atoms with Crippen molar-refractivity contribution in [1.82, 2.24) is 24.6 Å². The maximum absolute atomic E-state index is 13.1. The number of primary amides is 1. The molecule has 0 unspecified atom stereocenters. The summed E-state index contributed by atoms with van der Waals surface area (Å²) in [4.78, 5) is 41.5. The Labute approximate surface area is 209 Å². The van der Waals surface area contributed by atoms with Gasteiger partial charge in [0.1, 0.15) is 22.6 Å². The zero-order valence-corrected chi connectivity index (χ0v) is 21.5. The number of alkyl carbamates (subject to hydrolysis) is 1. The molecule has 3 rings (SSSR count). The number of rotatable bonds is 9. The van der Waals surface area contributed by atoms with E-state index in [0.717, 1.165) is 5.69 Å². The van der Waals surface area contributed by atoms with E-state index in [-0.39, 0.29) is 17.4 Å². The lowest BCUT2D eigenvalue weighted by atomic mass is 10.1. The molecule has 0 saturated heterocycles. The Balaban J connectivity index is 1.93. The van der Waals surface area contributed by atoms with Crippen LogP contribution in [0.3, 0.4) is 0 Å². The van der Waals surface area contributed by atoms with Gasteiger partial charge in [0.25, 0.3) is 5.91 Å². The molecule has 12 nitrogen and oxygen atoms in total. The van der Waals surface area contributed by atoms with Crippen molar-refractivity contribution in [2.45, 2.75) is 59.7 Å². The van der Waals surface area contributed by atoms with E-state index >= 15 is 0 Å². The Morgan fingerprint density at radius 3 is 2.50 bits per heavy atom. The lowest BCUT2D eigenvalue weighted by Gasteiger charge is -2.19. The molecular formula is C24H33N7O5. The van der Waals surface area contributed by atoms with Gasteiger partial charge in [-0.25, -0.2) is 9.78 Å². The highest BCUT2D eigenvalue weighted by Gasteiger charge is 2.22. The van der Waals surface area contributed by atoms with E-state index in [1.807, 2.05) is 13.8 Å². The highest BCUT2D eigenvalue weighted by molar-refractivity contribution is 6.04. The van der Waals surface area contributed by atoms with Crippen LogP contribution in [-0.4, -0.2) is 56.5 Å². The number of aromatic nitrogens is 4. The number of amides is 3. The van der Waals surface area contributed by atoms with Gasteiger partial charge >= 0.3 is 6.09 Å². The molecule has 0 atom stereocenters. The van der Waals surface area contributed by atoms with Gasteiger partial charge in [0.15, 0.2) is 0 Å². The fourth-order valence-corrected chi connectivity index (χ4v) is 3.72. The number of ether oxygens (including phenoxy) is 2. The fraction of sp³-hybridized carbons (Fsp3) is 0.458. The number of carbonyl (C=O) groups is 3. The maximum atomic E-state index is 13.1. The number of methoxy groups -OCH3 is 1. The number of carbonyl (C=O) groups excluding carboxylic acids is 3. The van der Waals surface area contributed by atoms with Gasteiger partial charge in [-0.15, -0.1) is 0 Å². The van der Waals surface area contributed by atoms with Crippen molar-refractivity contribution in [2.24, 2.45) is 5.73 Å². The van der Waals surface area contributed by atoms with Crippen LogP contribution < -0.4 is 21.1 Å². The molecule has 1 aromatic carbocycles. The van der Waals surface area contributed by atoms with Crippen LogP contribution in [0.15, 0.2) is 18.2 Å². The number of hydrogen-bond donors (Lipinski definition) is 3. The first-order chi connectivity index (χ1) is 16.9. The van der Waals surface area contributed by atoms with Crippen LogP contribution in [0.1, 0.15) is 60.7 Å². The van der Waals surface area contributed by atoms with Crippen LogP contribution in [0.5, 0.6) is 5.75 Å². The first kappa shape index (κ1) is 26.5. The summed E-state index contributed by atoms with van der Waals surface area (Å²) >= 11 is 0. The number of fused-ring (bicyclic) bond motifs is 1. The van der Waals surface area contributed by atoms with Crippen molar-refractivity contribution in [3.8, 4) is 5.75 Å². The van der Waals surface area contributed by atoms with E-state index in [1.165, 1.54) is 13.2 Å². The average Bonchev–Trinajstić information content (AvgIpc) is 3.34. The topological polar surface area (TPSA) is 155 Å². The summed E-state index contributed by atoms with van der Waals surface area (Å²) in [6.45, 7) is 10.3. The van der Waals surface area contributed by atoms with Crippen molar-refractivity contribution >= 4 is 34.9 Å². The third-order valence-electron chi connectivity index (χ3n) is 5.20. The summed E-state index contributed by atoms with van der Waals surface area (Å²) in [6.07, 6.45) is -0.0151. The fourth-order valence-electron chi connectivity index (χ4n) is 3.72. The molecular weight excluding hydrogens is 466 g/mol. The van der Waals surface area contributed by atoms with Crippen molar-refractivity contribution in [2.75, 3.05) is 19.0 Å². The maximum Gasteiger partial charge on any atom is 0.407 e. The first-order valence-electron chi connectivity index (χ1n) is 11.6. The predicted molar refractivity (Wildman–Crippen MR) is 134 cm³/mol. The van der Waals surface area contributed by atoms with Crippen LogP contribution in [0.25, 0.3) is 11.0 Å². The molecule has 3 amide bonds. The molecule has 0 aliphatic rings. The molecule has 0 bridgehead atoms. The number of anilines is 1. The number of nitrogens with two attached hydrogens (primary N) is 1. The molecule has 12 heteroatoms. The van der Waals surface area contributed by atoms with Crippen LogP contribution >= 0.6 is 0 Å². The second-order valence-corrected chi connectivity index (χ2v) is 9.22. The van der Waals surface area contributed by atoms with Crippen molar-refractivity contribution in [3.05, 3.63) is 35.2 Å². The van der Waals surface area contributed by atoms with E-state index in [4.69, 9.17) is 15.2 Å². The molecule has 0 radical (unpaired) electrons. The van der Waals surface area contributed by atoms with Gasteiger partial charge in [-0.3, -0.25) is 19.6 Å². The minimum atomic E-state index is -0.626. The molecule has 3 aromatic rings. The Morgan fingerprint density at radius 1 is 1.17 bits per heavy atom. The van der Waals surface area contributed by atoms with Crippen molar-refractivity contribution in [1.29, 1.82) is 0 Å². The van der Waals surface area contributed by atoms with Gasteiger partial charge < -0.3 is 25.1 Å². The molecule has 0 fully saturated rings. The van der Waals surface area contributed by atoms with Gasteiger partial charge in [0, 0.05) is 25.2 Å². The van der Waals surface area contributed by atoms with Crippen LogP contribution in [0, 0.1) is 6.92 Å². The summed E-state index contributed by atoms with van der Waals surface area (Å²) < 4.78 is 14.2. The quantitative estimate of drug-likeness (QED) is 0.382. The lowest BCUT2D eigenvalue weighted by molar-refractivity contribution is 0.0526. The molecule has 0 aliphatic carbocycles. The Hall–Kier alpha value is -4.09. The van der Waals surface area contributed by atoms with Gasteiger partial charge in [0.05, 0.1) is 18.3 Å². The standard InChI is InChI=1S/C24H33N7O5/c1-7-31-17(11-14(2)29-31)21(33)28-22-27-16-12-15(20(25)32)13-18(35-6)19(16)30(22)10-8-9-26-23(34)36-24(3,4)5/h11-13H,7-10H2,1-6H3,(H2,25,32)(H,26,34)(H,27,28,33). The molecule has 2 aromatic heterocycles. The Bertz CT molecular complexity index is 1290. The Morgan fingerprint density at radius 2 is 1.89 bits per heavy atom. The molecule has 194 valence electrons. The van der Waals surface area contributed by atoms with Crippen LogP contribution in [0.2, 0.25) is 0 Å². The van der Waals surface area contributed by atoms with Gasteiger partial charge in [-0.05, 0) is 59.2 Å². The van der Waals surface area contributed by atoms with Gasteiger partial charge in [-0.1, -0.05) is 0 Å². The van der Waals surface area contributed by atoms with E-state index in [9.17, 15) is 14.4 Å². The second-order valence-electron chi connectivity index (χ2n) is 9.22. The van der Waals surface area contributed by atoms with E-state index in [0.29, 0.717) is 48.5 Å². The molecule has 0 saturated carbocycles. The Kier molecular flexibility index (Phi) is 7.86. The number of nitrogens with one attached hydrogen (secondary N) is 2. The molecule has 0 spiro atoms. The average molecular weight is 500 g/mol. The second kappa shape index (κ2) is 10.7. The minimum Gasteiger partial charge on any atom is -0.494 e. The SMILES string of the molecule is CCn1nc(C)cc1C(=O)Nc1nc2cc(C(N)=O)cc(OC)c2n1CCCNC(=O)OC(C)(C)C. The first-order valence-corrected chi connectivity index (χ1v) is 11.6. The summed E-state index contributed by atoms with van der Waals surface area (Å²) in [6, 6.07) is 4.77. The van der Waals surface area contributed by atoms with Crippen molar-refractivity contribution < 1.29 is 23.9 Å². The van der Waals surface area contributed by atoms with Crippen LogP contribution in [-0.2, 0) is 17.8 Å². The van der Waals surface area contributed by atoms with E-state index < -0.39 is 17.6 Å². The number of imidazole rings is 1. The third-order valence-corrected chi connectivity index (χ3v) is 5.20. The van der Waals surface area contributed by atoms with Crippen LogP contribution in [0.4, 0.5) is 10.7 Å². The zero-order chi connectivity index (χ0) is 26.6. The molecule has 0 aliphatic heterocycles. The smallest absolute Gasteiger partial charge is 0.407 e. The number of nitrogens with zero attached hydrogens (tertiary/aromatic N) is 4. The number of aryl methyl sites for hydroxylation is 3. The summed E-state index contributed by atoms with van der Waals surface area (Å²) in [5, 5.41) is 9.90. The summed E-state index contributed by atoms with van der Waals surface area (Å²) in [5.41, 5.74) is 7.22. The van der Waals surface area contributed by atoms with E-state index in [1.54, 1.807) is 42.2 Å². The largest absolute Gasteiger partial charge is 0.494 e. The number of hydrogen-bond acceptors (Lipinski definition) is 7. The van der Waals surface area contributed by atoms with Crippen molar-refractivity contribution in [3.63, 3.8) is 0 Å². The monoisotopic (exact) mass is 499 g/mol. The minimum absolute atomic E-state index is 0.230. The van der Waals surface area contributed by atoms with Gasteiger partial charge in [0.2, 0.25) is 11.9 Å². The van der Waals surface area contributed by atoms with E-state index in [2.05, 4.69) is 20.7 Å². The molecule has 36 heavy (non-hydrogen) atoms. The number of benzene rings is 1. The summed E-state index contributed by atoms with van der Waals surface area (Å²) in [7, 11) is 1.47. The normalized spacial score (nSPS) is 11.4. The van der Waals surface area contributed by atoms with Gasteiger partial charge in [-0.2, -0.15) is 5.10 Å². The lowest BCUT2D eigenvalue weighted by Crippen LogP contribution is -2.33.